The minimum absolute atomic E-state index is 0.610. The van der Waals surface area contributed by atoms with E-state index in [1.165, 1.54) is 13.8 Å². The average molecular weight is 235 g/mol. The average Bonchev–Trinajstić information content (AvgIpc) is 2.73. The van der Waals surface area contributed by atoms with Crippen LogP contribution in [-0.2, 0) is 0 Å². The van der Waals surface area contributed by atoms with Gasteiger partial charge in [-0.1, -0.05) is 12.1 Å². The number of aromatic nitrogens is 1. The van der Waals surface area contributed by atoms with E-state index in [-0.39, 0.29) is 0 Å². The predicted molar refractivity (Wildman–Crippen MR) is 65.6 cm³/mol. The summed E-state index contributed by atoms with van der Waals surface area (Å²) in [6.45, 7) is 2.94. The molecule has 0 aliphatic carbocycles. The lowest BCUT2D eigenvalue weighted by atomic mass is 9.91. The first-order chi connectivity index (χ1) is 7.91. The zero-order valence-electron chi connectivity index (χ0n) is 9.88. The van der Waals surface area contributed by atoms with E-state index in [9.17, 15) is 15.3 Å². The summed E-state index contributed by atoms with van der Waals surface area (Å²) in [5.41, 5.74) is 0.153. The van der Waals surface area contributed by atoms with Gasteiger partial charge in [0, 0.05) is 17.1 Å². The highest BCUT2D eigenvalue weighted by molar-refractivity contribution is 5.83. The number of hydrogen-bond acceptors (Lipinski definition) is 3. The summed E-state index contributed by atoms with van der Waals surface area (Å²) in [6.07, 6.45) is -0.574. The molecule has 0 radical (unpaired) electrons. The Kier molecular flexibility index (Phi) is 2.95. The number of fused-ring (bicyclic) bond motifs is 1. The minimum atomic E-state index is -1.35. The van der Waals surface area contributed by atoms with Gasteiger partial charge in [-0.3, -0.25) is 0 Å². The molecule has 2 aromatic rings. The molecule has 0 spiro atoms. The Hall–Kier alpha value is -1.36. The Morgan fingerprint density at radius 2 is 1.88 bits per heavy atom. The standard InChI is InChI=1S/C13H17NO3/c1-13(2,17)12(16)11(15)9-4-3-5-10-8(9)6-7-14-10/h3-7,11-12,14-17H,1-2H3/t11-,12-/m1/s1. The second-order valence-electron chi connectivity index (χ2n) is 4.83. The maximum Gasteiger partial charge on any atom is 0.112 e. The largest absolute Gasteiger partial charge is 0.388 e. The molecule has 0 aliphatic rings. The Balaban J connectivity index is 2.43. The highest BCUT2D eigenvalue weighted by atomic mass is 16.4. The Morgan fingerprint density at radius 1 is 1.18 bits per heavy atom. The van der Waals surface area contributed by atoms with Gasteiger partial charge in [-0.25, -0.2) is 0 Å². The smallest absolute Gasteiger partial charge is 0.112 e. The fraction of sp³-hybridized carbons (Fsp3) is 0.385. The van der Waals surface area contributed by atoms with Crippen LogP contribution >= 0.6 is 0 Å². The van der Waals surface area contributed by atoms with E-state index in [4.69, 9.17) is 0 Å². The second kappa shape index (κ2) is 4.14. The van der Waals surface area contributed by atoms with Crippen LogP contribution in [0.4, 0.5) is 0 Å². The van der Waals surface area contributed by atoms with Crippen LogP contribution in [0, 0.1) is 0 Å². The topological polar surface area (TPSA) is 76.5 Å². The van der Waals surface area contributed by atoms with Crippen molar-refractivity contribution in [2.75, 3.05) is 0 Å². The quantitative estimate of drug-likeness (QED) is 0.648. The van der Waals surface area contributed by atoms with Crippen LogP contribution in [0.2, 0.25) is 0 Å². The molecule has 1 heterocycles. The number of aliphatic hydroxyl groups is 3. The molecule has 0 amide bonds. The number of benzene rings is 1. The van der Waals surface area contributed by atoms with Gasteiger partial charge in [-0.15, -0.1) is 0 Å². The summed E-state index contributed by atoms with van der Waals surface area (Å²) in [5.74, 6) is 0. The third-order valence-corrected chi connectivity index (χ3v) is 2.97. The molecule has 0 aliphatic heterocycles. The summed E-state index contributed by atoms with van der Waals surface area (Å²) < 4.78 is 0. The van der Waals surface area contributed by atoms with Crippen molar-refractivity contribution in [3.8, 4) is 0 Å². The van der Waals surface area contributed by atoms with Gasteiger partial charge in [0.15, 0.2) is 0 Å². The van der Waals surface area contributed by atoms with E-state index in [1.807, 2.05) is 12.1 Å². The molecule has 4 N–H and O–H groups in total. The van der Waals surface area contributed by atoms with E-state index in [0.29, 0.717) is 5.56 Å². The van der Waals surface area contributed by atoms with Crippen LogP contribution in [-0.4, -0.2) is 32.0 Å². The van der Waals surface area contributed by atoms with Crippen LogP contribution in [0.5, 0.6) is 0 Å². The van der Waals surface area contributed by atoms with Crippen molar-refractivity contribution in [1.82, 2.24) is 4.98 Å². The van der Waals surface area contributed by atoms with Gasteiger partial charge in [0.25, 0.3) is 0 Å². The number of rotatable bonds is 3. The summed E-state index contributed by atoms with van der Waals surface area (Å²) in [7, 11) is 0. The number of nitrogens with one attached hydrogen (secondary N) is 1. The molecular weight excluding hydrogens is 218 g/mol. The highest BCUT2D eigenvalue weighted by Gasteiger charge is 2.32. The molecule has 2 atom stereocenters. The molecule has 0 saturated carbocycles. The molecule has 0 bridgehead atoms. The number of H-pyrrole nitrogens is 1. The van der Waals surface area contributed by atoms with Crippen molar-refractivity contribution in [3.05, 3.63) is 36.0 Å². The van der Waals surface area contributed by atoms with Crippen molar-refractivity contribution in [2.45, 2.75) is 31.7 Å². The molecule has 1 aromatic carbocycles. The molecule has 4 heteroatoms. The van der Waals surface area contributed by atoms with Gasteiger partial charge in [-0.05, 0) is 31.5 Å². The van der Waals surface area contributed by atoms with Gasteiger partial charge < -0.3 is 20.3 Å². The Morgan fingerprint density at radius 3 is 2.53 bits per heavy atom. The van der Waals surface area contributed by atoms with E-state index < -0.39 is 17.8 Å². The lowest BCUT2D eigenvalue weighted by Gasteiger charge is -2.29. The number of aliphatic hydroxyl groups excluding tert-OH is 2. The SMILES string of the molecule is CC(C)(O)[C@H](O)[C@H](O)c1cccc2[nH]ccc12. The first-order valence-electron chi connectivity index (χ1n) is 5.56. The van der Waals surface area contributed by atoms with Crippen molar-refractivity contribution >= 4 is 10.9 Å². The summed E-state index contributed by atoms with van der Waals surface area (Å²) in [6, 6.07) is 7.28. The highest BCUT2D eigenvalue weighted by Crippen LogP contribution is 2.29. The zero-order valence-corrected chi connectivity index (χ0v) is 9.88. The second-order valence-corrected chi connectivity index (χ2v) is 4.83. The monoisotopic (exact) mass is 235 g/mol. The summed E-state index contributed by atoms with van der Waals surface area (Å²) in [4.78, 5) is 3.04. The first-order valence-corrected chi connectivity index (χ1v) is 5.56. The fourth-order valence-electron chi connectivity index (χ4n) is 1.92. The Labute approximate surface area is 99.5 Å². The molecule has 17 heavy (non-hydrogen) atoms. The first kappa shape index (κ1) is 12.1. The van der Waals surface area contributed by atoms with Gasteiger partial charge in [0.2, 0.25) is 0 Å². The molecule has 1 aromatic heterocycles. The molecule has 2 rings (SSSR count). The lowest BCUT2D eigenvalue weighted by molar-refractivity contribution is -0.107. The van der Waals surface area contributed by atoms with Crippen LogP contribution in [0.3, 0.4) is 0 Å². The molecular formula is C13H17NO3. The fourth-order valence-corrected chi connectivity index (χ4v) is 1.92. The van der Waals surface area contributed by atoms with Crippen LogP contribution in [0.15, 0.2) is 30.5 Å². The maximum atomic E-state index is 10.1. The maximum absolute atomic E-state index is 10.1. The van der Waals surface area contributed by atoms with Crippen LogP contribution in [0.25, 0.3) is 10.9 Å². The third-order valence-electron chi connectivity index (χ3n) is 2.97. The Bertz CT molecular complexity index is 513. The molecule has 4 nitrogen and oxygen atoms in total. The van der Waals surface area contributed by atoms with Gasteiger partial charge in [0.1, 0.15) is 12.2 Å². The summed E-state index contributed by atoms with van der Waals surface area (Å²) in [5, 5.41) is 30.6. The normalized spacial score (nSPS) is 16.1. The van der Waals surface area contributed by atoms with Crippen molar-refractivity contribution in [1.29, 1.82) is 0 Å². The molecule has 0 saturated heterocycles. The van der Waals surface area contributed by atoms with E-state index >= 15 is 0 Å². The molecule has 0 fully saturated rings. The molecule has 0 unspecified atom stereocenters. The summed E-state index contributed by atoms with van der Waals surface area (Å²) >= 11 is 0. The predicted octanol–water partition coefficient (Wildman–Crippen LogP) is 1.33. The van der Waals surface area contributed by atoms with Gasteiger partial charge >= 0.3 is 0 Å². The van der Waals surface area contributed by atoms with Crippen LogP contribution < -0.4 is 0 Å². The molecule has 92 valence electrons. The van der Waals surface area contributed by atoms with E-state index in [2.05, 4.69) is 4.98 Å². The van der Waals surface area contributed by atoms with Gasteiger partial charge in [-0.2, -0.15) is 0 Å². The lowest BCUT2D eigenvalue weighted by Crippen LogP contribution is -2.40. The zero-order chi connectivity index (χ0) is 12.6. The number of aromatic amines is 1. The van der Waals surface area contributed by atoms with Gasteiger partial charge in [0.05, 0.1) is 5.60 Å². The van der Waals surface area contributed by atoms with Crippen LogP contribution in [0.1, 0.15) is 25.5 Å². The van der Waals surface area contributed by atoms with E-state index in [0.717, 1.165) is 10.9 Å². The van der Waals surface area contributed by atoms with E-state index in [1.54, 1.807) is 18.3 Å². The van der Waals surface area contributed by atoms with Crippen molar-refractivity contribution < 1.29 is 15.3 Å². The van der Waals surface area contributed by atoms with Crippen molar-refractivity contribution in [2.24, 2.45) is 0 Å². The third kappa shape index (κ3) is 2.20. The van der Waals surface area contributed by atoms with Crippen molar-refractivity contribution in [3.63, 3.8) is 0 Å². The number of hydrogen-bond donors (Lipinski definition) is 4. The minimum Gasteiger partial charge on any atom is -0.388 e.